The summed E-state index contributed by atoms with van der Waals surface area (Å²) in [6, 6.07) is 20.3. The van der Waals surface area contributed by atoms with Crippen LogP contribution in [0.1, 0.15) is 76.7 Å². The van der Waals surface area contributed by atoms with Gasteiger partial charge in [0.05, 0.1) is 36.0 Å². The maximum Gasteiger partial charge on any atom is 0.335 e. The monoisotopic (exact) mass is 645 g/mol. The normalized spacial score (nSPS) is 20.1. The Morgan fingerprint density at radius 2 is 1.74 bits per heavy atom. The number of carbonyl (C=O) groups excluding carboxylic acids is 2. The number of rotatable bonds is 9. The molecule has 0 bridgehead atoms. The van der Waals surface area contributed by atoms with E-state index in [-0.39, 0.29) is 42.1 Å². The molecule has 0 aliphatic carbocycles. The number of nitrogens with one attached hydrogen (secondary N) is 1. The van der Waals surface area contributed by atoms with E-state index in [4.69, 9.17) is 9.47 Å². The zero-order valence-electron chi connectivity index (χ0n) is 27.7. The molecule has 4 rings (SSSR count). The highest BCUT2D eigenvalue weighted by Crippen LogP contribution is 2.29. The maximum absolute atomic E-state index is 14.3. The van der Waals surface area contributed by atoms with Gasteiger partial charge in [0.2, 0.25) is 0 Å². The van der Waals surface area contributed by atoms with E-state index in [1.807, 2.05) is 39.1 Å². The molecular formula is C37H47N3O7. The summed E-state index contributed by atoms with van der Waals surface area (Å²) in [4.78, 5) is 42.3. The molecule has 0 aromatic heterocycles. The number of ether oxygens (including phenoxy) is 2. The lowest BCUT2D eigenvalue weighted by molar-refractivity contribution is -0.0177. The van der Waals surface area contributed by atoms with Crippen molar-refractivity contribution in [3.05, 3.63) is 95.1 Å². The van der Waals surface area contributed by atoms with E-state index >= 15 is 0 Å². The van der Waals surface area contributed by atoms with Gasteiger partial charge >= 0.3 is 5.97 Å². The molecule has 4 atom stereocenters. The van der Waals surface area contributed by atoms with Crippen molar-refractivity contribution in [1.29, 1.82) is 0 Å². The zero-order chi connectivity index (χ0) is 33.9. The van der Waals surface area contributed by atoms with Gasteiger partial charge in [0.25, 0.3) is 11.8 Å². The number of carbonyl (C=O) groups is 3. The molecule has 0 radical (unpaired) electrons. The molecule has 10 heteroatoms. The van der Waals surface area contributed by atoms with Gasteiger partial charge in [-0.2, -0.15) is 0 Å². The molecule has 0 saturated carbocycles. The van der Waals surface area contributed by atoms with Crippen LogP contribution in [-0.4, -0.2) is 89.4 Å². The summed E-state index contributed by atoms with van der Waals surface area (Å²) >= 11 is 0. The summed E-state index contributed by atoms with van der Waals surface area (Å²) in [5.74, 6) is -1.22. The van der Waals surface area contributed by atoms with Crippen LogP contribution in [0.3, 0.4) is 0 Å². The van der Waals surface area contributed by atoms with Gasteiger partial charge in [0.1, 0.15) is 5.75 Å². The Balaban J connectivity index is 1.59. The summed E-state index contributed by atoms with van der Waals surface area (Å²) in [6.07, 6.45) is 2.13. The maximum atomic E-state index is 14.3. The number of carboxylic acid groups (broad SMARTS) is 1. The van der Waals surface area contributed by atoms with E-state index in [0.29, 0.717) is 48.8 Å². The highest BCUT2D eigenvalue weighted by Gasteiger charge is 2.30. The molecule has 0 saturated heterocycles. The Morgan fingerprint density at radius 3 is 2.43 bits per heavy atom. The van der Waals surface area contributed by atoms with Gasteiger partial charge in [-0.25, -0.2) is 4.79 Å². The standard InChI is InChI=1S/C37H47N3O7/c1-25-21-40(26(2)24-41)36(43)32-20-31(38-35(42)29-11-6-5-7-12-29)17-18-33(32)47-27(3)10-8-9-19-46-34(25)23-39(4)22-28-13-15-30(16-14-28)37(44)45/h5-7,11-18,20,25-27,34,41H,8-10,19,21-24H2,1-4H3,(H,38,42)(H,44,45)/t25-,26-,27+,34+/m0/s1. The molecule has 47 heavy (non-hydrogen) atoms. The molecule has 1 heterocycles. The molecular weight excluding hydrogens is 598 g/mol. The van der Waals surface area contributed by atoms with Crippen molar-refractivity contribution in [2.75, 3.05) is 38.7 Å². The zero-order valence-corrected chi connectivity index (χ0v) is 27.7. The van der Waals surface area contributed by atoms with Crippen molar-refractivity contribution in [2.45, 2.75) is 64.8 Å². The lowest BCUT2D eigenvalue weighted by Gasteiger charge is -2.36. The van der Waals surface area contributed by atoms with Crippen LogP contribution in [0.4, 0.5) is 5.69 Å². The number of aliphatic hydroxyl groups excluding tert-OH is 1. The SMILES string of the molecule is C[C@@H]1CCCCO[C@H](CN(C)Cc2ccc(C(=O)O)cc2)[C@@H](C)CN([C@@H](C)CO)C(=O)c2cc(NC(=O)c3ccccc3)ccc2O1. The molecule has 0 fully saturated rings. The van der Waals surface area contributed by atoms with E-state index in [9.17, 15) is 24.6 Å². The second kappa shape index (κ2) is 17.1. The molecule has 2 amide bonds. The lowest BCUT2D eigenvalue weighted by Crippen LogP contribution is -2.47. The van der Waals surface area contributed by atoms with Crippen LogP contribution in [-0.2, 0) is 11.3 Å². The number of hydrogen-bond acceptors (Lipinski definition) is 7. The smallest absolute Gasteiger partial charge is 0.335 e. The lowest BCUT2D eigenvalue weighted by atomic mass is 10.0. The number of hydrogen-bond donors (Lipinski definition) is 3. The predicted molar refractivity (Wildman–Crippen MR) is 181 cm³/mol. The molecule has 252 valence electrons. The van der Waals surface area contributed by atoms with E-state index < -0.39 is 12.0 Å². The third-order valence-electron chi connectivity index (χ3n) is 8.49. The van der Waals surface area contributed by atoms with Crippen LogP contribution >= 0.6 is 0 Å². The fourth-order valence-corrected chi connectivity index (χ4v) is 5.69. The first kappa shape index (κ1) is 35.6. The van der Waals surface area contributed by atoms with Gasteiger partial charge < -0.3 is 29.9 Å². The Kier molecular flexibility index (Phi) is 12.9. The summed E-state index contributed by atoms with van der Waals surface area (Å²) < 4.78 is 12.7. The number of benzene rings is 3. The number of fused-ring (bicyclic) bond motifs is 1. The van der Waals surface area contributed by atoms with Gasteiger partial charge in [-0.1, -0.05) is 37.3 Å². The summed E-state index contributed by atoms with van der Waals surface area (Å²) in [6.45, 7) is 7.67. The number of amides is 2. The number of anilines is 1. The first-order valence-corrected chi connectivity index (χ1v) is 16.3. The Bertz CT molecular complexity index is 1480. The predicted octanol–water partition coefficient (Wildman–Crippen LogP) is 5.56. The van der Waals surface area contributed by atoms with E-state index in [1.54, 1.807) is 66.4 Å². The van der Waals surface area contributed by atoms with Crippen molar-refractivity contribution in [1.82, 2.24) is 9.80 Å². The Morgan fingerprint density at radius 1 is 1.02 bits per heavy atom. The van der Waals surface area contributed by atoms with Gasteiger partial charge in [-0.3, -0.25) is 14.5 Å². The van der Waals surface area contributed by atoms with E-state index in [1.165, 1.54) is 0 Å². The van der Waals surface area contributed by atoms with Crippen LogP contribution in [0, 0.1) is 5.92 Å². The van der Waals surface area contributed by atoms with Gasteiger partial charge in [-0.05, 0) is 88.2 Å². The quantitative estimate of drug-likeness (QED) is 0.276. The first-order chi connectivity index (χ1) is 22.5. The van der Waals surface area contributed by atoms with Crippen molar-refractivity contribution in [3.63, 3.8) is 0 Å². The van der Waals surface area contributed by atoms with E-state index in [0.717, 1.165) is 24.8 Å². The minimum atomic E-state index is -0.959. The van der Waals surface area contributed by atoms with Crippen LogP contribution in [0.15, 0.2) is 72.8 Å². The third kappa shape index (κ3) is 10.1. The number of likely N-dealkylation sites (N-methyl/N-ethyl adjacent to an activating group) is 1. The minimum Gasteiger partial charge on any atom is -0.490 e. The van der Waals surface area contributed by atoms with Crippen LogP contribution in [0.25, 0.3) is 0 Å². The van der Waals surface area contributed by atoms with Crippen LogP contribution < -0.4 is 10.1 Å². The summed E-state index contributed by atoms with van der Waals surface area (Å²) in [5.41, 5.74) is 2.51. The molecule has 3 N–H and O–H groups in total. The fraction of sp³-hybridized carbons (Fsp3) is 0.432. The summed E-state index contributed by atoms with van der Waals surface area (Å²) in [5, 5.41) is 22.4. The Hall–Kier alpha value is -4.25. The molecule has 1 aliphatic heterocycles. The molecule has 10 nitrogen and oxygen atoms in total. The topological polar surface area (TPSA) is 129 Å². The molecule has 3 aromatic rings. The van der Waals surface area contributed by atoms with Gasteiger partial charge in [0.15, 0.2) is 0 Å². The van der Waals surface area contributed by atoms with Crippen LogP contribution in [0.5, 0.6) is 5.75 Å². The van der Waals surface area contributed by atoms with Gasteiger partial charge in [-0.15, -0.1) is 0 Å². The van der Waals surface area contributed by atoms with Crippen molar-refractivity contribution in [3.8, 4) is 5.75 Å². The van der Waals surface area contributed by atoms with Crippen LogP contribution in [0.2, 0.25) is 0 Å². The first-order valence-electron chi connectivity index (χ1n) is 16.3. The molecule has 1 aliphatic rings. The number of carboxylic acids is 1. The van der Waals surface area contributed by atoms with Crippen molar-refractivity contribution < 1.29 is 34.1 Å². The molecule has 0 spiro atoms. The Labute approximate surface area is 277 Å². The highest BCUT2D eigenvalue weighted by molar-refractivity contribution is 6.05. The summed E-state index contributed by atoms with van der Waals surface area (Å²) in [7, 11) is 1.99. The average Bonchev–Trinajstić information content (AvgIpc) is 3.06. The largest absolute Gasteiger partial charge is 0.490 e. The third-order valence-corrected chi connectivity index (χ3v) is 8.49. The number of aliphatic hydroxyl groups is 1. The average molecular weight is 646 g/mol. The minimum absolute atomic E-state index is 0.100. The number of aromatic carboxylic acids is 1. The molecule has 3 aromatic carbocycles. The van der Waals surface area contributed by atoms with E-state index in [2.05, 4.69) is 10.2 Å². The second-order valence-electron chi connectivity index (χ2n) is 12.5. The van der Waals surface area contributed by atoms with Crippen molar-refractivity contribution in [2.24, 2.45) is 5.92 Å². The molecule has 0 unspecified atom stereocenters. The van der Waals surface area contributed by atoms with Crippen molar-refractivity contribution >= 4 is 23.5 Å². The second-order valence-corrected chi connectivity index (χ2v) is 12.5. The number of nitrogens with zero attached hydrogens (tertiary/aromatic N) is 2. The van der Waals surface area contributed by atoms with Gasteiger partial charge in [0, 0.05) is 43.4 Å². The fourth-order valence-electron chi connectivity index (χ4n) is 5.69. The highest BCUT2D eigenvalue weighted by atomic mass is 16.5.